The predicted octanol–water partition coefficient (Wildman–Crippen LogP) is -1.79. The van der Waals surface area contributed by atoms with Gasteiger partial charge >= 0.3 is 0 Å². The highest BCUT2D eigenvalue weighted by Gasteiger charge is 2.26. The molecular formula is C10H21NO6. The van der Waals surface area contributed by atoms with Crippen molar-refractivity contribution >= 4 is 5.91 Å². The summed E-state index contributed by atoms with van der Waals surface area (Å²) < 4.78 is 10.3. The van der Waals surface area contributed by atoms with E-state index < -0.39 is 37.8 Å². The maximum absolute atomic E-state index is 10.9. The number of carbonyl (C=O) groups excluding carboxylic acids is 1. The molecule has 0 saturated heterocycles. The number of hydrogen-bond donors (Lipinski definition) is 4. The molecule has 0 bridgehead atoms. The van der Waals surface area contributed by atoms with Crippen LogP contribution in [-0.2, 0) is 14.3 Å². The second-order valence-electron chi connectivity index (χ2n) is 3.70. The molecule has 0 aromatic carbocycles. The van der Waals surface area contributed by atoms with Gasteiger partial charge in [0.15, 0.2) is 6.29 Å². The molecule has 0 aliphatic carbocycles. The van der Waals surface area contributed by atoms with Crippen LogP contribution in [0.15, 0.2) is 0 Å². The molecule has 102 valence electrons. The molecular weight excluding hydrogens is 230 g/mol. The molecule has 0 aliphatic rings. The highest BCUT2D eigenvalue weighted by molar-refractivity contribution is 5.73. The number of rotatable bonds is 8. The molecule has 4 atom stereocenters. The zero-order valence-corrected chi connectivity index (χ0v) is 10.3. The minimum atomic E-state index is -1.21. The second kappa shape index (κ2) is 8.37. The van der Waals surface area contributed by atoms with Crippen molar-refractivity contribution in [3.05, 3.63) is 0 Å². The zero-order valence-electron chi connectivity index (χ0n) is 10.3. The van der Waals surface area contributed by atoms with Crippen LogP contribution in [0.25, 0.3) is 0 Å². The topological polar surface area (TPSA) is 108 Å². The van der Waals surface area contributed by atoms with Crippen molar-refractivity contribution in [2.24, 2.45) is 0 Å². The van der Waals surface area contributed by atoms with Gasteiger partial charge in [-0.05, 0) is 6.92 Å². The zero-order chi connectivity index (χ0) is 13.4. The SMILES string of the molecule is CO[C@H](OC(CO)[C@H](O)CO)[C@H](C)NC(C)=O. The normalized spacial score (nSPS) is 18.2. The molecule has 0 spiro atoms. The molecule has 1 unspecified atom stereocenters. The lowest BCUT2D eigenvalue weighted by atomic mass is 10.2. The highest BCUT2D eigenvalue weighted by Crippen LogP contribution is 2.08. The van der Waals surface area contributed by atoms with Gasteiger partial charge in [0.05, 0.1) is 19.3 Å². The van der Waals surface area contributed by atoms with Crippen LogP contribution in [0.4, 0.5) is 0 Å². The summed E-state index contributed by atoms with van der Waals surface area (Å²) >= 11 is 0. The Hall–Kier alpha value is -0.730. The lowest BCUT2D eigenvalue weighted by Crippen LogP contribution is -2.47. The van der Waals surface area contributed by atoms with E-state index >= 15 is 0 Å². The first-order valence-corrected chi connectivity index (χ1v) is 5.31. The molecule has 7 heteroatoms. The fourth-order valence-electron chi connectivity index (χ4n) is 1.31. The average Bonchev–Trinajstić information content (AvgIpc) is 2.28. The minimum Gasteiger partial charge on any atom is -0.394 e. The van der Waals surface area contributed by atoms with E-state index in [0.717, 1.165) is 0 Å². The third-order valence-corrected chi connectivity index (χ3v) is 2.18. The molecule has 17 heavy (non-hydrogen) atoms. The van der Waals surface area contributed by atoms with Gasteiger partial charge in [0.2, 0.25) is 5.91 Å². The summed E-state index contributed by atoms with van der Waals surface area (Å²) in [6, 6.07) is -0.447. The molecule has 0 radical (unpaired) electrons. The number of nitrogens with one attached hydrogen (secondary N) is 1. The second-order valence-corrected chi connectivity index (χ2v) is 3.70. The molecule has 0 saturated carbocycles. The number of aliphatic hydroxyl groups is 3. The maximum Gasteiger partial charge on any atom is 0.217 e. The van der Waals surface area contributed by atoms with Crippen LogP contribution in [0.2, 0.25) is 0 Å². The van der Waals surface area contributed by atoms with E-state index in [1.807, 2.05) is 0 Å². The first-order chi connectivity index (χ1) is 7.96. The number of aliphatic hydroxyl groups excluding tert-OH is 3. The Balaban J connectivity index is 4.39. The molecule has 0 fully saturated rings. The summed E-state index contributed by atoms with van der Waals surface area (Å²) in [7, 11) is 1.38. The molecule has 4 N–H and O–H groups in total. The van der Waals surface area contributed by atoms with Crippen molar-refractivity contribution in [1.82, 2.24) is 5.32 Å². The lowest BCUT2D eigenvalue weighted by Gasteiger charge is -2.29. The third-order valence-electron chi connectivity index (χ3n) is 2.18. The number of amides is 1. The molecule has 0 aliphatic heterocycles. The fourth-order valence-corrected chi connectivity index (χ4v) is 1.31. The van der Waals surface area contributed by atoms with Gasteiger partial charge in [-0.25, -0.2) is 0 Å². The van der Waals surface area contributed by atoms with Crippen LogP contribution in [0.5, 0.6) is 0 Å². The first-order valence-electron chi connectivity index (χ1n) is 5.31. The van der Waals surface area contributed by atoms with Gasteiger partial charge in [-0.15, -0.1) is 0 Å². The van der Waals surface area contributed by atoms with Gasteiger partial charge in [-0.3, -0.25) is 4.79 Å². The monoisotopic (exact) mass is 251 g/mol. The van der Waals surface area contributed by atoms with Gasteiger partial charge in [0.1, 0.15) is 12.2 Å². The molecule has 0 heterocycles. The Morgan fingerprint density at radius 3 is 2.29 bits per heavy atom. The first kappa shape index (κ1) is 16.3. The maximum atomic E-state index is 10.9. The van der Waals surface area contributed by atoms with E-state index in [1.54, 1.807) is 6.92 Å². The van der Waals surface area contributed by atoms with Crippen LogP contribution in [0.1, 0.15) is 13.8 Å². The minimum absolute atomic E-state index is 0.244. The fraction of sp³-hybridized carbons (Fsp3) is 0.900. The molecule has 7 nitrogen and oxygen atoms in total. The van der Waals surface area contributed by atoms with E-state index in [1.165, 1.54) is 14.0 Å². The summed E-state index contributed by atoms with van der Waals surface area (Å²) in [5.41, 5.74) is 0. The number of hydrogen-bond acceptors (Lipinski definition) is 6. The van der Waals surface area contributed by atoms with Crippen molar-refractivity contribution in [3.63, 3.8) is 0 Å². The van der Waals surface area contributed by atoms with Crippen molar-refractivity contribution in [2.45, 2.75) is 38.4 Å². The van der Waals surface area contributed by atoms with Crippen LogP contribution >= 0.6 is 0 Å². The van der Waals surface area contributed by atoms with Gasteiger partial charge in [-0.1, -0.05) is 0 Å². The van der Waals surface area contributed by atoms with Crippen LogP contribution < -0.4 is 5.32 Å². The quantitative estimate of drug-likeness (QED) is 0.380. The van der Waals surface area contributed by atoms with Gasteiger partial charge < -0.3 is 30.1 Å². The van der Waals surface area contributed by atoms with E-state index in [-0.39, 0.29) is 5.91 Å². The summed E-state index contributed by atoms with van der Waals surface area (Å²) in [5.74, 6) is -0.244. The standard InChI is InChI=1S/C10H21NO6/c1-6(11-7(2)14)10(16-3)17-9(5-13)8(15)4-12/h6,8-10,12-13,15H,4-5H2,1-3H3,(H,11,14)/t6-,8+,9?,10+/m0/s1. The van der Waals surface area contributed by atoms with Crippen molar-refractivity contribution in [3.8, 4) is 0 Å². The summed E-state index contributed by atoms with van der Waals surface area (Å²) in [4.78, 5) is 10.9. The Morgan fingerprint density at radius 2 is 1.94 bits per heavy atom. The van der Waals surface area contributed by atoms with Gasteiger partial charge in [0.25, 0.3) is 0 Å². The van der Waals surface area contributed by atoms with E-state index in [0.29, 0.717) is 0 Å². The Labute approximate surface area is 100 Å². The number of carbonyl (C=O) groups is 1. The Bertz CT molecular complexity index is 225. The van der Waals surface area contributed by atoms with Crippen LogP contribution in [-0.4, -0.2) is 66.1 Å². The molecule has 0 aromatic heterocycles. The molecule has 0 rings (SSSR count). The van der Waals surface area contributed by atoms with Gasteiger partial charge in [-0.2, -0.15) is 0 Å². The number of ether oxygens (including phenoxy) is 2. The summed E-state index contributed by atoms with van der Waals surface area (Å²) in [6.45, 7) is 2.02. The van der Waals surface area contributed by atoms with E-state index in [2.05, 4.69) is 5.32 Å². The predicted molar refractivity (Wildman–Crippen MR) is 59.1 cm³/mol. The summed E-state index contributed by atoms with van der Waals surface area (Å²) in [6.07, 6.45) is -3.00. The van der Waals surface area contributed by atoms with E-state index in [4.69, 9.17) is 19.7 Å². The lowest BCUT2D eigenvalue weighted by molar-refractivity contribution is -0.203. The Morgan fingerprint density at radius 1 is 1.35 bits per heavy atom. The summed E-state index contributed by atoms with van der Waals surface area (Å²) in [5, 5.41) is 29.7. The van der Waals surface area contributed by atoms with Crippen LogP contribution in [0.3, 0.4) is 0 Å². The van der Waals surface area contributed by atoms with Gasteiger partial charge in [0, 0.05) is 14.0 Å². The molecule has 1 amide bonds. The largest absolute Gasteiger partial charge is 0.394 e. The Kier molecular flexibility index (Phi) is 8.01. The van der Waals surface area contributed by atoms with E-state index in [9.17, 15) is 9.90 Å². The highest BCUT2D eigenvalue weighted by atomic mass is 16.7. The third kappa shape index (κ3) is 5.94. The van der Waals surface area contributed by atoms with Crippen molar-refractivity contribution < 1.29 is 29.6 Å². The number of methoxy groups -OCH3 is 1. The van der Waals surface area contributed by atoms with Crippen LogP contribution in [0, 0.1) is 0 Å². The smallest absolute Gasteiger partial charge is 0.217 e. The average molecular weight is 251 g/mol. The molecule has 0 aromatic rings. The van der Waals surface area contributed by atoms with Crippen molar-refractivity contribution in [1.29, 1.82) is 0 Å². The van der Waals surface area contributed by atoms with Crippen molar-refractivity contribution in [2.75, 3.05) is 20.3 Å².